The minimum atomic E-state index is 0. The second kappa shape index (κ2) is 32.6. The number of hydrogen-bond acceptors (Lipinski definition) is 2. The molecule has 2 rings (SSSR count). The fraction of sp³-hybridized carbons (Fsp3) is 0.100. The smallest absolute Gasteiger partial charge is 0.133 e. The van der Waals surface area contributed by atoms with Crippen molar-refractivity contribution < 1.29 is 65.7 Å². The van der Waals surface area contributed by atoms with Crippen LogP contribution in [0, 0.1) is 12.3 Å². The summed E-state index contributed by atoms with van der Waals surface area (Å²) in [6, 6.07) is 6.08. The SMILES string of the molecule is Cc1ccc2sc(C(=N)N)cc2c1Br.Cl.O.O.O.O.O.O.O.O.O.O.O.O. The molecule has 0 atom stereocenters. The van der Waals surface area contributed by atoms with Crippen molar-refractivity contribution in [1.82, 2.24) is 0 Å². The van der Waals surface area contributed by atoms with Crippen molar-refractivity contribution in [3.63, 3.8) is 0 Å². The van der Waals surface area contributed by atoms with E-state index in [-0.39, 0.29) is 84.0 Å². The summed E-state index contributed by atoms with van der Waals surface area (Å²) in [7, 11) is 0. The summed E-state index contributed by atoms with van der Waals surface area (Å²) in [6.07, 6.45) is 0. The number of rotatable bonds is 1. The quantitative estimate of drug-likeness (QED) is 0.268. The number of halogens is 2. The maximum atomic E-state index is 7.36. The average molecular weight is 522 g/mol. The molecule has 0 aliphatic rings. The molecule has 0 amide bonds. The molecule has 2 aromatic rings. The molecule has 0 saturated heterocycles. The van der Waals surface area contributed by atoms with Gasteiger partial charge in [-0.25, -0.2) is 0 Å². The molecule has 17 heteroatoms. The summed E-state index contributed by atoms with van der Waals surface area (Å²) in [4.78, 5) is 0.825. The fourth-order valence-electron chi connectivity index (χ4n) is 1.32. The number of nitrogen functional groups attached to an aromatic ring is 1. The zero-order valence-electron chi connectivity index (χ0n) is 14.0. The molecule has 0 saturated carbocycles. The van der Waals surface area contributed by atoms with Crippen molar-refractivity contribution in [2.75, 3.05) is 0 Å². The van der Waals surface area contributed by atoms with E-state index in [1.54, 1.807) is 11.3 Å². The average Bonchev–Trinajstić information content (AvgIpc) is 2.56. The van der Waals surface area contributed by atoms with Crippen molar-refractivity contribution in [2.24, 2.45) is 5.73 Å². The summed E-state index contributed by atoms with van der Waals surface area (Å²) in [5.74, 6) is 0.135. The molecule has 27 heavy (non-hydrogen) atoms. The Morgan fingerprint density at radius 3 is 1.56 bits per heavy atom. The monoisotopic (exact) mass is 520 g/mol. The zero-order chi connectivity index (χ0) is 10.3. The van der Waals surface area contributed by atoms with E-state index in [1.807, 2.05) is 6.07 Å². The van der Waals surface area contributed by atoms with Crippen molar-refractivity contribution in [3.05, 3.63) is 33.1 Å². The number of aryl methyl sites for hydroxylation is 1. The normalized spacial score (nSPS) is 5.56. The maximum Gasteiger partial charge on any atom is 0.133 e. The Morgan fingerprint density at radius 1 is 0.852 bits per heavy atom. The first-order valence-corrected chi connectivity index (χ1v) is 5.73. The van der Waals surface area contributed by atoms with Crippen LogP contribution < -0.4 is 5.73 Å². The van der Waals surface area contributed by atoms with Gasteiger partial charge in [0.1, 0.15) is 5.84 Å². The Balaban J connectivity index is -0.0000000173. The van der Waals surface area contributed by atoms with Gasteiger partial charge in [0.2, 0.25) is 0 Å². The number of benzene rings is 1. The van der Waals surface area contributed by atoms with E-state index in [9.17, 15) is 0 Å². The molecular weight excluding hydrogens is 488 g/mol. The van der Waals surface area contributed by atoms with Gasteiger partial charge in [0.15, 0.2) is 0 Å². The lowest BCUT2D eigenvalue weighted by atomic mass is 10.2. The van der Waals surface area contributed by atoms with E-state index in [0.29, 0.717) is 0 Å². The van der Waals surface area contributed by atoms with Crippen LogP contribution in [-0.2, 0) is 0 Å². The Hall–Kier alpha value is -1.06. The largest absolute Gasteiger partial charge is 0.412 e. The number of nitrogens with two attached hydrogens (primary N) is 1. The minimum Gasteiger partial charge on any atom is -0.412 e. The van der Waals surface area contributed by atoms with Crippen molar-refractivity contribution >= 4 is 55.6 Å². The molecule has 0 aliphatic heterocycles. The number of nitrogens with one attached hydrogen (secondary N) is 1. The molecule has 0 radical (unpaired) electrons. The maximum absolute atomic E-state index is 7.36. The third-order valence-corrected chi connectivity index (χ3v) is 4.28. The van der Waals surface area contributed by atoms with Crippen LogP contribution in [0.5, 0.6) is 0 Å². The predicted molar refractivity (Wildman–Crippen MR) is 116 cm³/mol. The van der Waals surface area contributed by atoms with E-state index in [4.69, 9.17) is 11.1 Å². The van der Waals surface area contributed by atoms with Crippen molar-refractivity contribution in [1.29, 1.82) is 5.41 Å². The summed E-state index contributed by atoms with van der Waals surface area (Å²) < 4.78 is 2.26. The highest BCUT2D eigenvalue weighted by atomic mass is 79.9. The number of amidine groups is 1. The molecule has 27 N–H and O–H groups in total. The van der Waals surface area contributed by atoms with Crippen molar-refractivity contribution in [2.45, 2.75) is 6.92 Å². The molecule has 0 fully saturated rings. The lowest BCUT2D eigenvalue weighted by molar-refractivity contribution is 0.823. The van der Waals surface area contributed by atoms with Gasteiger partial charge >= 0.3 is 0 Å². The van der Waals surface area contributed by atoms with E-state index in [1.165, 1.54) is 5.56 Å². The molecule has 176 valence electrons. The van der Waals surface area contributed by atoms with Crippen LogP contribution in [0.3, 0.4) is 0 Å². The van der Waals surface area contributed by atoms with Crippen LogP contribution >= 0.6 is 39.7 Å². The summed E-state index contributed by atoms with van der Waals surface area (Å²) in [5, 5.41) is 8.50. The molecule has 1 heterocycles. The van der Waals surface area contributed by atoms with Gasteiger partial charge in [0.05, 0.1) is 4.88 Å². The number of hydrogen-bond donors (Lipinski definition) is 2. The summed E-state index contributed by atoms with van der Waals surface area (Å²) in [6.45, 7) is 2.05. The van der Waals surface area contributed by atoms with Gasteiger partial charge in [0, 0.05) is 14.6 Å². The van der Waals surface area contributed by atoms with Crippen molar-refractivity contribution in [3.8, 4) is 0 Å². The molecule has 0 aliphatic carbocycles. The molecule has 1 aromatic heterocycles. The summed E-state index contributed by atoms with van der Waals surface area (Å²) >= 11 is 5.09. The van der Waals surface area contributed by atoms with Gasteiger partial charge < -0.3 is 71.4 Å². The second-order valence-corrected chi connectivity index (χ2v) is 5.01. The Labute approximate surface area is 172 Å². The van der Waals surface area contributed by atoms with Gasteiger partial charge in [-0.1, -0.05) is 6.07 Å². The molecule has 0 bridgehead atoms. The van der Waals surface area contributed by atoms with Gasteiger partial charge in [-0.3, -0.25) is 5.41 Å². The van der Waals surface area contributed by atoms with Crippen LogP contribution in [0.2, 0.25) is 0 Å². The van der Waals surface area contributed by atoms with Crippen LogP contribution in [-0.4, -0.2) is 71.5 Å². The second-order valence-electron chi connectivity index (χ2n) is 3.13. The van der Waals surface area contributed by atoms with Gasteiger partial charge in [0.25, 0.3) is 0 Å². The molecule has 0 unspecified atom stereocenters. The van der Waals surface area contributed by atoms with Crippen LogP contribution in [0.15, 0.2) is 22.7 Å². The van der Waals surface area contributed by atoms with Gasteiger partial charge in [-0.05, 0) is 40.5 Å². The Bertz CT molecular complexity index is 548. The molecule has 1 aromatic carbocycles. The third kappa shape index (κ3) is 16.8. The highest BCUT2D eigenvalue weighted by Crippen LogP contribution is 2.33. The predicted octanol–water partition coefficient (Wildman–Crippen LogP) is -6.22. The minimum absolute atomic E-state index is 0. The van der Waals surface area contributed by atoms with Gasteiger partial charge in [-0.15, -0.1) is 23.7 Å². The fourth-order valence-corrected chi connectivity index (χ4v) is 2.84. The van der Waals surface area contributed by atoms with E-state index >= 15 is 0 Å². The first-order valence-electron chi connectivity index (χ1n) is 4.12. The molecular formula is C10H34BrClN2O12S. The lowest BCUT2D eigenvalue weighted by Crippen LogP contribution is -2.08. The molecule has 14 nitrogen and oxygen atoms in total. The van der Waals surface area contributed by atoms with Crippen LogP contribution in [0.4, 0.5) is 0 Å². The zero-order valence-corrected chi connectivity index (χ0v) is 17.2. The van der Waals surface area contributed by atoms with Crippen LogP contribution in [0.1, 0.15) is 10.4 Å². The highest BCUT2D eigenvalue weighted by Gasteiger charge is 2.07. The Kier molecular flexibility index (Phi) is 100. The van der Waals surface area contributed by atoms with E-state index in [0.717, 1.165) is 19.4 Å². The summed E-state index contributed by atoms with van der Waals surface area (Å²) in [5.41, 5.74) is 6.64. The first kappa shape index (κ1) is 83.0. The van der Waals surface area contributed by atoms with Crippen LogP contribution in [0.25, 0.3) is 10.1 Å². The molecule has 0 spiro atoms. The Morgan fingerprint density at radius 2 is 1.22 bits per heavy atom. The van der Waals surface area contributed by atoms with Gasteiger partial charge in [-0.2, -0.15) is 0 Å². The van der Waals surface area contributed by atoms with E-state index in [2.05, 4.69) is 35.0 Å². The van der Waals surface area contributed by atoms with E-state index < -0.39 is 0 Å². The third-order valence-electron chi connectivity index (χ3n) is 2.09. The number of fused-ring (bicyclic) bond motifs is 1. The standard InChI is InChI=1S/C10H9BrN2S.ClH.12H2O/c1-5-2-3-7-6(9(5)11)4-8(14-7)10(12)13;;;;;;;;;;;;;/h2-4H,1H3,(H3,12,13);1H;12*1H2. The number of thiophene rings is 1. The first-order chi connectivity index (χ1) is 6.59. The highest BCUT2D eigenvalue weighted by molar-refractivity contribution is 9.10. The topological polar surface area (TPSA) is 428 Å². The lowest BCUT2D eigenvalue weighted by Gasteiger charge is -1.97.